The minimum atomic E-state index is -0.213. The van der Waals surface area contributed by atoms with Gasteiger partial charge in [-0.25, -0.2) is 0 Å². The average molecular weight is 246 g/mol. The van der Waals surface area contributed by atoms with Gasteiger partial charge in [0.2, 0.25) is 5.91 Å². The van der Waals surface area contributed by atoms with Gasteiger partial charge in [0.25, 0.3) is 5.91 Å². The van der Waals surface area contributed by atoms with Crippen molar-refractivity contribution in [2.45, 2.75) is 6.42 Å². The zero-order valence-electron chi connectivity index (χ0n) is 10.3. The van der Waals surface area contributed by atoms with Crippen LogP contribution in [0.5, 0.6) is 0 Å². The van der Waals surface area contributed by atoms with Crippen LogP contribution in [0.3, 0.4) is 0 Å². The Morgan fingerprint density at radius 2 is 2.00 bits per heavy atom. The second kappa shape index (κ2) is 4.60. The lowest BCUT2D eigenvalue weighted by Crippen LogP contribution is -2.26. The van der Waals surface area contributed by atoms with Crippen molar-refractivity contribution >= 4 is 23.3 Å². The fourth-order valence-corrected chi connectivity index (χ4v) is 1.88. The zero-order valence-corrected chi connectivity index (χ0v) is 10.3. The van der Waals surface area contributed by atoms with Gasteiger partial charge >= 0.3 is 0 Å². The number of hydrogen-bond donors (Lipinski definition) is 0. The fourth-order valence-electron chi connectivity index (χ4n) is 1.88. The van der Waals surface area contributed by atoms with Crippen molar-refractivity contribution < 1.29 is 14.4 Å². The normalized spacial score (nSPS) is 15.1. The van der Waals surface area contributed by atoms with Crippen LogP contribution in [-0.2, 0) is 9.59 Å². The molecular weight excluding hydrogens is 232 g/mol. The van der Waals surface area contributed by atoms with Crippen LogP contribution in [-0.4, -0.2) is 43.1 Å². The Labute approximate surface area is 105 Å². The first-order chi connectivity index (χ1) is 8.49. The molecule has 2 rings (SSSR count). The minimum absolute atomic E-state index is 0.0497. The van der Waals surface area contributed by atoms with E-state index >= 15 is 0 Å². The Bertz CT molecular complexity index is 523. The van der Waals surface area contributed by atoms with Gasteiger partial charge in [0, 0.05) is 25.3 Å². The molecular formula is C13H14N2O3. The Morgan fingerprint density at radius 3 is 2.56 bits per heavy atom. The van der Waals surface area contributed by atoms with E-state index in [9.17, 15) is 14.4 Å². The van der Waals surface area contributed by atoms with Crippen LogP contribution in [0, 0.1) is 0 Å². The quantitative estimate of drug-likeness (QED) is 0.721. The molecule has 1 heterocycles. The first-order valence-electron chi connectivity index (χ1n) is 5.63. The summed E-state index contributed by atoms with van der Waals surface area (Å²) in [6, 6.07) is 6.76. The third kappa shape index (κ3) is 2.25. The summed E-state index contributed by atoms with van der Waals surface area (Å²) in [4.78, 5) is 37.5. The minimum Gasteiger partial charge on any atom is -0.345 e. The molecule has 1 aromatic rings. The van der Waals surface area contributed by atoms with Crippen LogP contribution in [0.2, 0.25) is 0 Å². The first-order valence-corrected chi connectivity index (χ1v) is 5.63. The number of carbonyl (C=O) groups is 3. The lowest BCUT2D eigenvalue weighted by molar-refractivity contribution is -0.121. The number of rotatable bonds is 2. The van der Waals surface area contributed by atoms with Crippen LogP contribution in [0.25, 0.3) is 0 Å². The predicted octanol–water partition coefficient (Wildman–Crippen LogP) is 0.694. The van der Waals surface area contributed by atoms with Crippen LogP contribution in [0.1, 0.15) is 16.8 Å². The number of Topliss-reactive ketones (excluding diaryl/α,β-unsaturated/α-hetero) is 1. The molecule has 0 aliphatic carbocycles. The number of ketones is 1. The summed E-state index contributed by atoms with van der Waals surface area (Å²) in [5.41, 5.74) is 1.10. The van der Waals surface area contributed by atoms with E-state index in [1.54, 1.807) is 38.4 Å². The van der Waals surface area contributed by atoms with E-state index in [4.69, 9.17) is 0 Å². The number of amides is 2. The van der Waals surface area contributed by atoms with Crippen molar-refractivity contribution in [3.8, 4) is 0 Å². The molecule has 0 unspecified atom stereocenters. The molecule has 0 spiro atoms. The maximum absolute atomic E-state index is 11.8. The molecule has 5 heteroatoms. The van der Waals surface area contributed by atoms with E-state index in [0.717, 1.165) is 0 Å². The third-order valence-corrected chi connectivity index (χ3v) is 2.79. The Kier molecular flexibility index (Phi) is 3.14. The van der Waals surface area contributed by atoms with Crippen molar-refractivity contribution in [1.82, 2.24) is 4.90 Å². The van der Waals surface area contributed by atoms with E-state index in [2.05, 4.69) is 0 Å². The molecule has 1 fully saturated rings. The summed E-state index contributed by atoms with van der Waals surface area (Å²) in [5.74, 6) is -0.436. The summed E-state index contributed by atoms with van der Waals surface area (Å²) in [7, 11) is 3.33. The van der Waals surface area contributed by atoms with Gasteiger partial charge in [-0.3, -0.25) is 14.4 Å². The average Bonchev–Trinajstić information content (AvgIpc) is 2.67. The van der Waals surface area contributed by atoms with Crippen molar-refractivity contribution in [2.24, 2.45) is 0 Å². The molecule has 0 aromatic heterocycles. The SMILES string of the molecule is CN(C)C(=O)c1cccc(N2CC(=O)CC2=O)c1. The third-order valence-electron chi connectivity index (χ3n) is 2.79. The number of anilines is 1. The standard InChI is InChI=1S/C13H14N2O3/c1-14(2)13(18)9-4-3-5-10(6-9)15-8-11(16)7-12(15)17/h3-6H,7-8H2,1-2H3. The van der Waals surface area contributed by atoms with Crippen LogP contribution < -0.4 is 4.90 Å². The molecule has 0 saturated carbocycles. The van der Waals surface area contributed by atoms with E-state index in [0.29, 0.717) is 11.3 Å². The van der Waals surface area contributed by atoms with Gasteiger partial charge in [0.15, 0.2) is 5.78 Å². The molecule has 0 radical (unpaired) electrons. The highest BCUT2D eigenvalue weighted by Gasteiger charge is 2.28. The van der Waals surface area contributed by atoms with Crippen LogP contribution in [0.4, 0.5) is 5.69 Å². The van der Waals surface area contributed by atoms with E-state index < -0.39 is 0 Å². The van der Waals surface area contributed by atoms with Crippen LogP contribution in [0.15, 0.2) is 24.3 Å². The molecule has 1 aliphatic rings. The molecule has 5 nitrogen and oxygen atoms in total. The second-order valence-corrected chi connectivity index (χ2v) is 4.45. The molecule has 1 aromatic carbocycles. The molecule has 94 valence electrons. The van der Waals surface area contributed by atoms with Crippen LogP contribution >= 0.6 is 0 Å². The number of nitrogens with zero attached hydrogens (tertiary/aromatic N) is 2. The zero-order chi connectivity index (χ0) is 13.3. The number of hydrogen-bond acceptors (Lipinski definition) is 3. The van der Waals surface area contributed by atoms with Gasteiger partial charge in [-0.2, -0.15) is 0 Å². The van der Waals surface area contributed by atoms with Gasteiger partial charge in [0.1, 0.15) is 0 Å². The van der Waals surface area contributed by atoms with Gasteiger partial charge in [0.05, 0.1) is 13.0 Å². The molecule has 0 atom stereocenters. The van der Waals surface area contributed by atoms with Crippen molar-refractivity contribution in [2.75, 3.05) is 25.5 Å². The first kappa shape index (κ1) is 12.3. The second-order valence-electron chi connectivity index (χ2n) is 4.45. The molecule has 18 heavy (non-hydrogen) atoms. The molecule has 0 bridgehead atoms. The summed E-state index contributed by atoms with van der Waals surface area (Å²) in [6.07, 6.45) is -0.0497. The molecule has 0 N–H and O–H groups in total. The predicted molar refractivity (Wildman–Crippen MR) is 66.4 cm³/mol. The van der Waals surface area contributed by atoms with Crippen molar-refractivity contribution in [3.63, 3.8) is 0 Å². The molecule has 1 saturated heterocycles. The van der Waals surface area contributed by atoms with Gasteiger partial charge in [-0.05, 0) is 18.2 Å². The highest BCUT2D eigenvalue weighted by molar-refractivity contribution is 6.15. The maximum atomic E-state index is 11.8. The monoisotopic (exact) mass is 246 g/mol. The topological polar surface area (TPSA) is 57.7 Å². The van der Waals surface area contributed by atoms with Crippen molar-refractivity contribution in [1.29, 1.82) is 0 Å². The van der Waals surface area contributed by atoms with Gasteiger partial charge in [-0.1, -0.05) is 6.07 Å². The molecule has 1 aliphatic heterocycles. The van der Waals surface area contributed by atoms with E-state index in [1.807, 2.05) is 0 Å². The largest absolute Gasteiger partial charge is 0.345 e. The lowest BCUT2D eigenvalue weighted by Gasteiger charge is -2.16. The van der Waals surface area contributed by atoms with E-state index in [-0.39, 0.29) is 30.6 Å². The van der Waals surface area contributed by atoms with Crippen molar-refractivity contribution in [3.05, 3.63) is 29.8 Å². The van der Waals surface area contributed by atoms with Gasteiger partial charge in [-0.15, -0.1) is 0 Å². The Hall–Kier alpha value is -2.17. The summed E-state index contributed by atoms with van der Waals surface area (Å²) < 4.78 is 0. The number of carbonyl (C=O) groups excluding carboxylic acids is 3. The number of benzene rings is 1. The summed E-state index contributed by atoms with van der Waals surface area (Å²) in [5, 5.41) is 0. The highest BCUT2D eigenvalue weighted by Crippen LogP contribution is 2.21. The summed E-state index contributed by atoms with van der Waals surface area (Å²) in [6.45, 7) is 0.0957. The fraction of sp³-hybridized carbons (Fsp3) is 0.308. The lowest BCUT2D eigenvalue weighted by atomic mass is 10.1. The summed E-state index contributed by atoms with van der Waals surface area (Å²) >= 11 is 0. The Morgan fingerprint density at radius 1 is 1.28 bits per heavy atom. The highest BCUT2D eigenvalue weighted by atomic mass is 16.2. The molecule has 2 amide bonds. The maximum Gasteiger partial charge on any atom is 0.253 e. The van der Waals surface area contributed by atoms with Gasteiger partial charge < -0.3 is 9.80 Å². The smallest absolute Gasteiger partial charge is 0.253 e. The van der Waals surface area contributed by atoms with E-state index in [1.165, 1.54) is 9.80 Å². The Balaban J connectivity index is 2.30.